The van der Waals surface area contributed by atoms with Gasteiger partial charge in [0.25, 0.3) is 5.91 Å². The van der Waals surface area contributed by atoms with Gasteiger partial charge in [-0.25, -0.2) is 8.42 Å². The first kappa shape index (κ1) is 23.0. The number of nitrogens with zero attached hydrogens (tertiary/aromatic N) is 2. The van der Waals surface area contributed by atoms with Crippen LogP contribution >= 0.6 is 0 Å². The largest absolute Gasteiger partial charge is 0.338 e. The van der Waals surface area contributed by atoms with Gasteiger partial charge >= 0.3 is 0 Å². The van der Waals surface area contributed by atoms with Crippen molar-refractivity contribution in [3.63, 3.8) is 0 Å². The Balaban J connectivity index is 1.35. The van der Waals surface area contributed by atoms with Gasteiger partial charge in [0.05, 0.1) is 10.6 Å². The Bertz CT molecular complexity index is 997. The van der Waals surface area contributed by atoms with E-state index in [0.717, 1.165) is 32.0 Å². The molecule has 1 atom stereocenters. The van der Waals surface area contributed by atoms with Gasteiger partial charge in [-0.1, -0.05) is 37.3 Å². The second-order valence-electron chi connectivity index (χ2n) is 9.51. The minimum atomic E-state index is -3.39. The van der Waals surface area contributed by atoms with Crippen molar-refractivity contribution in [1.82, 2.24) is 9.80 Å². The summed E-state index contributed by atoms with van der Waals surface area (Å²) in [5, 5.41) is 0. The standard InChI is InChI=1S/C26H34N2O3S/c1-21-13-16-27(17-14-21)18-23-6-5-15-28(19-23)26(29)24-11-9-22(10-12-24)20-32(30,31)25-7-3-2-4-8-25/h2-4,7-12,21,23H,5-6,13-20H2,1H3. The maximum Gasteiger partial charge on any atom is 0.253 e. The van der Waals surface area contributed by atoms with Crippen molar-refractivity contribution in [2.75, 3.05) is 32.7 Å². The zero-order valence-electron chi connectivity index (χ0n) is 18.9. The van der Waals surface area contributed by atoms with Gasteiger partial charge in [0.15, 0.2) is 9.84 Å². The number of hydrogen-bond acceptors (Lipinski definition) is 4. The summed E-state index contributed by atoms with van der Waals surface area (Å²) >= 11 is 0. The molecule has 4 rings (SSSR count). The third-order valence-electron chi connectivity index (χ3n) is 6.86. The molecule has 0 spiro atoms. The molecule has 6 heteroatoms. The van der Waals surface area contributed by atoms with Gasteiger partial charge in [-0.3, -0.25) is 4.79 Å². The topological polar surface area (TPSA) is 57.7 Å². The van der Waals surface area contributed by atoms with Crippen LogP contribution in [0, 0.1) is 11.8 Å². The maximum absolute atomic E-state index is 13.1. The Kier molecular flexibility index (Phi) is 7.31. The second kappa shape index (κ2) is 10.2. The highest BCUT2D eigenvalue weighted by molar-refractivity contribution is 7.90. The van der Waals surface area contributed by atoms with E-state index in [1.807, 2.05) is 4.90 Å². The fourth-order valence-corrected chi connectivity index (χ4v) is 6.23. The van der Waals surface area contributed by atoms with Crippen LogP contribution in [-0.2, 0) is 15.6 Å². The molecule has 0 radical (unpaired) electrons. The first-order valence-corrected chi connectivity index (χ1v) is 13.4. The molecule has 1 unspecified atom stereocenters. The smallest absolute Gasteiger partial charge is 0.253 e. The third-order valence-corrected chi connectivity index (χ3v) is 8.56. The van der Waals surface area contributed by atoms with E-state index < -0.39 is 9.84 Å². The lowest BCUT2D eigenvalue weighted by molar-refractivity contribution is 0.0622. The monoisotopic (exact) mass is 454 g/mol. The van der Waals surface area contributed by atoms with Crippen molar-refractivity contribution in [3.05, 3.63) is 65.7 Å². The van der Waals surface area contributed by atoms with Crippen LogP contribution in [0.5, 0.6) is 0 Å². The van der Waals surface area contributed by atoms with Gasteiger partial charge in [-0.15, -0.1) is 0 Å². The number of hydrogen-bond donors (Lipinski definition) is 0. The summed E-state index contributed by atoms with van der Waals surface area (Å²) in [5.74, 6) is 1.36. The molecule has 2 fully saturated rings. The van der Waals surface area contributed by atoms with Crippen molar-refractivity contribution in [2.45, 2.75) is 43.3 Å². The Morgan fingerprint density at radius 1 is 0.938 bits per heavy atom. The molecule has 2 aliphatic rings. The molecule has 0 aromatic heterocycles. The minimum absolute atomic E-state index is 0.0550. The molecule has 2 aromatic rings. The average molecular weight is 455 g/mol. The molecule has 5 nitrogen and oxygen atoms in total. The number of rotatable bonds is 6. The van der Waals surface area contributed by atoms with E-state index in [-0.39, 0.29) is 11.7 Å². The predicted molar refractivity (Wildman–Crippen MR) is 127 cm³/mol. The molecule has 2 aliphatic heterocycles. The summed E-state index contributed by atoms with van der Waals surface area (Å²) in [6.07, 6.45) is 4.80. The second-order valence-corrected chi connectivity index (χ2v) is 11.5. The van der Waals surface area contributed by atoms with Crippen LogP contribution in [0.15, 0.2) is 59.5 Å². The summed E-state index contributed by atoms with van der Waals surface area (Å²) in [5.41, 5.74) is 1.33. The van der Waals surface area contributed by atoms with E-state index in [9.17, 15) is 13.2 Å². The summed E-state index contributed by atoms with van der Waals surface area (Å²) in [4.78, 5) is 18.0. The Morgan fingerprint density at radius 3 is 2.31 bits per heavy atom. The van der Waals surface area contributed by atoms with E-state index >= 15 is 0 Å². The number of benzene rings is 2. The number of likely N-dealkylation sites (tertiary alicyclic amines) is 2. The number of carbonyl (C=O) groups excluding carboxylic acids is 1. The van der Waals surface area contributed by atoms with Gasteiger partial charge in [0.1, 0.15) is 0 Å². The summed E-state index contributed by atoms with van der Waals surface area (Å²) in [7, 11) is -3.39. The molecule has 0 aliphatic carbocycles. The first-order valence-electron chi connectivity index (χ1n) is 11.8. The van der Waals surface area contributed by atoms with E-state index in [1.54, 1.807) is 54.6 Å². The predicted octanol–water partition coefficient (Wildman–Crippen LogP) is 4.24. The van der Waals surface area contributed by atoms with Crippen molar-refractivity contribution in [2.24, 2.45) is 11.8 Å². The first-order chi connectivity index (χ1) is 15.4. The van der Waals surface area contributed by atoms with Crippen molar-refractivity contribution >= 4 is 15.7 Å². The van der Waals surface area contributed by atoms with Crippen LogP contribution in [0.1, 0.15) is 48.5 Å². The summed E-state index contributed by atoms with van der Waals surface area (Å²) < 4.78 is 25.2. The van der Waals surface area contributed by atoms with E-state index in [0.29, 0.717) is 21.9 Å². The average Bonchev–Trinajstić information content (AvgIpc) is 2.81. The lowest BCUT2D eigenvalue weighted by atomic mass is 9.94. The highest BCUT2D eigenvalue weighted by Gasteiger charge is 2.27. The molecular weight excluding hydrogens is 420 g/mol. The third kappa shape index (κ3) is 5.78. The van der Waals surface area contributed by atoms with Crippen LogP contribution in [0.3, 0.4) is 0 Å². The van der Waals surface area contributed by atoms with Crippen molar-refractivity contribution < 1.29 is 13.2 Å². The Hall–Kier alpha value is -2.18. The van der Waals surface area contributed by atoms with Crippen LogP contribution in [-0.4, -0.2) is 56.8 Å². The molecule has 0 bridgehead atoms. The number of carbonyl (C=O) groups is 1. The Labute approximate surface area is 192 Å². The molecule has 2 aromatic carbocycles. The Morgan fingerprint density at radius 2 is 1.62 bits per heavy atom. The van der Waals surface area contributed by atoms with E-state index in [1.165, 1.54) is 32.4 Å². The fraction of sp³-hybridized carbons (Fsp3) is 0.500. The highest BCUT2D eigenvalue weighted by Crippen LogP contribution is 2.23. The van der Waals surface area contributed by atoms with Crippen molar-refractivity contribution in [1.29, 1.82) is 0 Å². The fourth-order valence-electron chi connectivity index (χ4n) is 4.87. The molecule has 1 amide bonds. The number of amides is 1. The molecule has 2 heterocycles. The maximum atomic E-state index is 13.1. The normalized spacial score (nSPS) is 20.9. The zero-order valence-corrected chi connectivity index (χ0v) is 19.8. The lowest BCUT2D eigenvalue weighted by Crippen LogP contribution is -2.45. The van der Waals surface area contributed by atoms with Crippen LogP contribution in [0.4, 0.5) is 0 Å². The van der Waals surface area contributed by atoms with Gasteiger partial charge in [0.2, 0.25) is 0 Å². The van der Waals surface area contributed by atoms with Gasteiger partial charge < -0.3 is 9.80 Å². The van der Waals surface area contributed by atoms with Crippen LogP contribution in [0.25, 0.3) is 0 Å². The molecular formula is C26H34N2O3S. The molecule has 32 heavy (non-hydrogen) atoms. The quantitative estimate of drug-likeness (QED) is 0.655. The minimum Gasteiger partial charge on any atom is -0.338 e. The van der Waals surface area contributed by atoms with Gasteiger partial charge in [0, 0.05) is 25.2 Å². The van der Waals surface area contributed by atoms with Crippen LogP contribution < -0.4 is 0 Å². The lowest BCUT2D eigenvalue weighted by Gasteiger charge is -2.38. The molecule has 0 N–H and O–H groups in total. The highest BCUT2D eigenvalue weighted by atomic mass is 32.2. The van der Waals surface area contributed by atoms with Crippen molar-refractivity contribution in [3.8, 4) is 0 Å². The summed E-state index contributed by atoms with van der Waals surface area (Å²) in [6, 6.07) is 15.6. The van der Waals surface area contributed by atoms with E-state index in [4.69, 9.17) is 0 Å². The zero-order chi connectivity index (χ0) is 22.6. The van der Waals surface area contributed by atoms with E-state index in [2.05, 4.69) is 11.8 Å². The number of piperidine rings is 2. The molecule has 0 saturated carbocycles. The molecule has 2 saturated heterocycles. The summed E-state index contributed by atoms with van der Waals surface area (Å²) in [6.45, 7) is 7.40. The number of sulfone groups is 1. The molecule has 172 valence electrons. The van der Waals surface area contributed by atoms with Crippen LogP contribution in [0.2, 0.25) is 0 Å². The van der Waals surface area contributed by atoms with Gasteiger partial charge in [-0.2, -0.15) is 0 Å². The SMILES string of the molecule is CC1CCN(CC2CCCN(C(=O)c3ccc(CS(=O)(=O)c4ccccc4)cc3)C2)CC1. The van der Waals surface area contributed by atoms with Gasteiger partial charge in [-0.05, 0) is 80.4 Å².